The fraction of sp³-hybridized carbons (Fsp3) is 0.200. The van der Waals surface area contributed by atoms with Gasteiger partial charge < -0.3 is 16.6 Å². The van der Waals surface area contributed by atoms with Crippen LogP contribution in [0.5, 0.6) is 0 Å². The molecule has 0 spiro atoms. The molecule has 0 saturated carbocycles. The molecule has 3 aromatic rings. The molecule has 3 heterocycles. The van der Waals surface area contributed by atoms with Gasteiger partial charge in [0, 0.05) is 12.1 Å². The highest BCUT2D eigenvalue weighted by Crippen LogP contribution is 2.23. The highest BCUT2D eigenvalue weighted by Gasteiger charge is 2.21. The van der Waals surface area contributed by atoms with Gasteiger partial charge in [-0.2, -0.15) is 19.6 Å². The maximum absolute atomic E-state index is 11.7. The summed E-state index contributed by atoms with van der Waals surface area (Å²) in [6.07, 6.45) is 0. The van der Waals surface area contributed by atoms with Crippen LogP contribution in [0.4, 0.5) is 11.6 Å². The van der Waals surface area contributed by atoms with Gasteiger partial charge in [-0.3, -0.25) is 0 Å². The van der Waals surface area contributed by atoms with Crippen LogP contribution in [0.3, 0.4) is 0 Å². The SMILES string of the molecule is Cc1cc(N)n(-c2cc(C)c(C(=O)O)c(-n3nc(C)cc3N)n2)n1. The Morgan fingerprint density at radius 3 is 2.00 bits per heavy atom. The summed E-state index contributed by atoms with van der Waals surface area (Å²) in [5.74, 6) is 0.0988. The number of pyridine rings is 1. The van der Waals surface area contributed by atoms with E-state index in [0.29, 0.717) is 28.7 Å². The molecule has 0 aliphatic rings. The molecule has 0 aliphatic carbocycles. The Bertz CT molecular complexity index is 955. The van der Waals surface area contributed by atoms with Gasteiger partial charge in [0.1, 0.15) is 17.2 Å². The zero-order valence-electron chi connectivity index (χ0n) is 13.5. The molecule has 5 N–H and O–H groups in total. The monoisotopic (exact) mass is 327 g/mol. The normalized spacial score (nSPS) is 11.0. The molecule has 0 fully saturated rings. The van der Waals surface area contributed by atoms with Crippen LogP contribution in [-0.4, -0.2) is 35.6 Å². The van der Waals surface area contributed by atoms with E-state index in [1.54, 1.807) is 39.0 Å². The first-order valence-corrected chi connectivity index (χ1v) is 7.18. The number of carbonyl (C=O) groups is 1. The van der Waals surface area contributed by atoms with Crippen LogP contribution in [0.1, 0.15) is 27.3 Å². The molecule has 0 unspecified atom stereocenters. The molecule has 0 saturated heterocycles. The van der Waals surface area contributed by atoms with E-state index >= 15 is 0 Å². The lowest BCUT2D eigenvalue weighted by Crippen LogP contribution is -2.16. The minimum atomic E-state index is -1.11. The lowest BCUT2D eigenvalue weighted by atomic mass is 10.1. The molecule has 24 heavy (non-hydrogen) atoms. The van der Waals surface area contributed by atoms with Crippen molar-refractivity contribution in [3.8, 4) is 11.6 Å². The second kappa shape index (κ2) is 5.37. The summed E-state index contributed by atoms with van der Waals surface area (Å²) in [6.45, 7) is 5.25. The highest BCUT2D eigenvalue weighted by molar-refractivity contribution is 5.93. The number of aromatic nitrogens is 5. The minimum absolute atomic E-state index is 0.0241. The Kier molecular flexibility index (Phi) is 3.48. The summed E-state index contributed by atoms with van der Waals surface area (Å²) in [5.41, 5.74) is 13.8. The van der Waals surface area contributed by atoms with Crippen LogP contribution in [0, 0.1) is 20.8 Å². The maximum Gasteiger partial charge on any atom is 0.339 e. The van der Waals surface area contributed by atoms with Gasteiger partial charge in [-0.1, -0.05) is 0 Å². The van der Waals surface area contributed by atoms with E-state index in [1.165, 1.54) is 9.36 Å². The molecule has 9 nitrogen and oxygen atoms in total. The van der Waals surface area contributed by atoms with Crippen LogP contribution in [0.25, 0.3) is 11.6 Å². The Labute approximate surface area is 137 Å². The van der Waals surface area contributed by atoms with Crippen molar-refractivity contribution in [1.82, 2.24) is 24.5 Å². The number of nitrogen functional groups attached to an aromatic ring is 2. The van der Waals surface area contributed by atoms with Crippen LogP contribution in [-0.2, 0) is 0 Å². The number of hydrogen-bond acceptors (Lipinski definition) is 6. The Morgan fingerprint density at radius 2 is 1.54 bits per heavy atom. The number of carboxylic acid groups (broad SMARTS) is 1. The topological polar surface area (TPSA) is 138 Å². The van der Waals surface area contributed by atoms with Gasteiger partial charge in [0.05, 0.1) is 11.4 Å². The molecular weight excluding hydrogens is 310 g/mol. The number of nitrogens with two attached hydrogens (primary N) is 2. The average Bonchev–Trinajstić information content (AvgIpc) is 2.98. The molecular formula is C15H17N7O2. The van der Waals surface area contributed by atoms with Gasteiger partial charge in [-0.15, -0.1) is 0 Å². The van der Waals surface area contributed by atoms with E-state index in [-0.39, 0.29) is 11.4 Å². The molecule has 124 valence electrons. The third-order valence-corrected chi connectivity index (χ3v) is 3.53. The summed E-state index contributed by atoms with van der Waals surface area (Å²) in [6, 6.07) is 4.96. The molecule has 0 aliphatic heterocycles. The lowest BCUT2D eigenvalue weighted by Gasteiger charge is -2.13. The summed E-state index contributed by atoms with van der Waals surface area (Å²) in [4.78, 5) is 16.1. The third-order valence-electron chi connectivity index (χ3n) is 3.53. The summed E-state index contributed by atoms with van der Waals surface area (Å²) >= 11 is 0. The first-order chi connectivity index (χ1) is 11.3. The van der Waals surface area contributed by atoms with E-state index in [4.69, 9.17) is 11.5 Å². The predicted molar refractivity (Wildman–Crippen MR) is 88.5 cm³/mol. The van der Waals surface area contributed by atoms with Crippen molar-refractivity contribution < 1.29 is 9.90 Å². The Balaban J connectivity index is 2.31. The van der Waals surface area contributed by atoms with Crippen molar-refractivity contribution in [1.29, 1.82) is 0 Å². The molecule has 0 amide bonds. The molecule has 3 rings (SSSR count). The number of aromatic carboxylic acids is 1. The summed E-state index contributed by atoms with van der Waals surface area (Å²) < 4.78 is 2.76. The Morgan fingerprint density at radius 1 is 1.00 bits per heavy atom. The van der Waals surface area contributed by atoms with E-state index in [1.807, 2.05) is 0 Å². The largest absolute Gasteiger partial charge is 0.478 e. The molecule has 0 radical (unpaired) electrons. The van der Waals surface area contributed by atoms with Gasteiger partial charge in [-0.05, 0) is 32.4 Å². The molecule has 0 aromatic carbocycles. The van der Waals surface area contributed by atoms with Crippen molar-refractivity contribution in [3.05, 3.63) is 40.7 Å². The van der Waals surface area contributed by atoms with Gasteiger partial charge in [0.25, 0.3) is 0 Å². The third kappa shape index (κ3) is 2.45. The van der Waals surface area contributed by atoms with Crippen molar-refractivity contribution >= 4 is 17.6 Å². The van der Waals surface area contributed by atoms with Crippen molar-refractivity contribution in [3.63, 3.8) is 0 Å². The number of carboxylic acids is 1. The van der Waals surface area contributed by atoms with Crippen molar-refractivity contribution in [2.45, 2.75) is 20.8 Å². The maximum atomic E-state index is 11.7. The summed E-state index contributed by atoms with van der Waals surface area (Å²) in [5, 5.41) is 18.1. The van der Waals surface area contributed by atoms with E-state index in [2.05, 4.69) is 15.2 Å². The second-order valence-electron chi connectivity index (χ2n) is 5.55. The number of nitrogens with zero attached hydrogens (tertiary/aromatic N) is 5. The average molecular weight is 327 g/mol. The van der Waals surface area contributed by atoms with Gasteiger partial charge in [0.15, 0.2) is 11.6 Å². The first-order valence-electron chi connectivity index (χ1n) is 7.18. The highest BCUT2D eigenvalue weighted by atomic mass is 16.4. The molecule has 0 atom stereocenters. The van der Waals surface area contributed by atoms with Gasteiger partial charge >= 0.3 is 5.97 Å². The lowest BCUT2D eigenvalue weighted by molar-refractivity contribution is 0.0695. The van der Waals surface area contributed by atoms with E-state index in [0.717, 1.165) is 5.69 Å². The number of anilines is 2. The standard InChI is InChI=1S/C15H17N7O2/c1-7-4-12(21-10(16)5-8(2)19-21)18-14(13(7)15(23)24)22-11(17)6-9(3)20-22/h4-6H,16-17H2,1-3H3,(H,23,24). The van der Waals surface area contributed by atoms with Crippen LogP contribution < -0.4 is 11.5 Å². The minimum Gasteiger partial charge on any atom is -0.478 e. The fourth-order valence-electron chi connectivity index (χ4n) is 2.56. The fourth-order valence-corrected chi connectivity index (χ4v) is 2.56. The van der Waals surface area contributed by atoms with Gasteiger partial charge in [0.2, 0.25) is 0 Å². The van der Waals surface area contributed by atoms with E-state index < -0.39 is 5.97 Å². The number of aryl methyl sites for hydroxylation is 3. The molecule has 9 heteroatoms. The summed E-state index contributed by atoms with van der Waals surface area (Å²) in [7, 11) is 0. The first kappa shape index (κ1) is 15.5. The van der Waals surface area contributed by atoms with Crippen molar-refractivity contribution in [2.24, 2.45) is 0 Å². The van der Waals surface area contributed by atoms with Crippen LogP contribution >= 0.6 is 0 Å². The molecule has 3 aromatic heterocycles. The van der Waals surface area contributed by atoms with Crippen LogP contribution in [0.2, 0.25) is 0 Å². The van der Waals surface area contributed by atoms with E-state index in [9.17, 15) is 9.90 Å². The molecule has 0 bridgehead atoms. The quantitative estimate of drug-likeness (QED) is 0.658. The zero-order chi connectivity index (χ0) is 17.6. The Hall–Kier alpha value is -3.36. The number of rotatable bonds is 3. The van der Waals surface area contributed by atoms with Gasteiger partial charge in [-0.25, -0.2) is 9.78 Å². The smallest absolute Gasteiger partial charge is 0.339 e. The predicted octanol–water partition coefficient (Wildman–Crippen LogP) is 1.24. The zero-order valence-corrected chi connectivity index (χ0v) is 13.5. The van der Waals surface area contributed by atoms with Crippen molar-refractivity contribution in [2.75, 3.05) is 11.5 Å². The van der Waals surface area contributed by atoms with Crippen LogP contribution in [0.15, 0.2) is 18.2 Å². The second-order valence-corrected chi connectivity index (χ2v) is 5.55. The number of hydrogen-bond donors (Lipinski definition) is 3.